The van der Waals surface area contributed by atoms with Gasteiger partial charge < -0.3 is 9.73 Å². The molecule has 0 spiro atoms. The standard InChI is InChI=1S/C17H14F3N3O2/c1-10-8-14(17(18,19)20)23-15(22-10)6-7-21-16(24)13-9-11-4-2-3-5-12(11)25-13/h2-5,8-9H,6-7H2,1H3,(H,21,24). The number of fused-ring (bicyclic) bond motifs is 1. The van der Waals surface area contributed by atoms with Crippen molar-refractivity contribution in [1.29, 1.82) is 0 Å². The number of nitrogens with one attached hydrogen (secondary N) is 1. The maximum absolute atomic E-state index is 12.7. The SMILES string of the molecule is Cc1cc(C(F)(F)F)nc(CCNC(=O)c2cc3ccccc3o2)n1. The number of alkyl halides is 3. The number of aromatic nitrogens is 2. The topological polar surface area (TPSA) is 68.0 Å². The number of carbonyl (C=O) groups is 1. The highest BCUT2D eigenvalue weighted by molar-refractivity contribution is 5.96. The minimum Gasteiger partial charge on any atom is -0.451 e. The van der Waals surface area contributed by atoms with Crippen LogP contribution in [0.3, 0.4) is 0 Å². The molecule has 3 rings (SSSR count). The summed E-state index contributed by atoms with van der Waals surface area (Å²) in [6, 6.07) is 9.67. The average Bonchev–Trinajstić information content (AvgIpc) is 2.97. The number of nitrogens with zero attached hydrogens (tertiary/aromatic N) is 2. The fourth-order valence-corrected chi connectivity index (χ4v) is 2.36. The van der Waals surface area contributed by atoms with Crippen molar-refractivity contribution in [2.75, 3.05) is 6.54 Å². The minimum absolute atomic E-state index is 0.0252. The number of benzene rings is 1. The molecule has 0 bridgehead atoms. The van der Waals surface area contributed by atoms with Crippen molar-refractivity contribution >= 4 is 16.9 Å². The highest BCUT2D eigenvalue weighted by atomic mass is 19.4. The second kappa shape index (κ2) is 6.54. The molecule has 0 aliphatic rings. The maximum Gasteiger partial charge on any atom is 0.433 e. The lowest BCUT2D eigenvalue weighted by atomic mass is 10.2. The molecule has 0 radical (unpaired) electrons. The van der Waals surface area contributed by atoms with Gasteiger partial charge in [0.2, 0.25) is 0 Å². The second-order valence-electron chi connectivity index (χ2n) is 5.46. The number of carbonyl (C=O) groups excluding carboxylic acids is 1. The van der Waals surface area contributed by atoms with Crippen molar-refractivity contribution in [3.8, 4) is 0 Å². The van der Waals surface area contributed by atoms with Crippen molar-refractivity contribution in [2.24, 2.45) is 0 Å². The zero-order chi connectivity index (χ0) is 18.0. The Bertz CT molecular complexity index is 886. The molecule has 2 aromatic heterocycles. The normalized spacial score (nSPS) is 11.7. The Balaban J connectivity index is 1.64. The van der Waals surface area contributed by atoms with Crippen molar-refractivity contribution in [3.05, 3.63) is 59.4 Å². The number of aryl methyl sites for hydroxylation is 1. The molecular weight excluding hydrogens is 335 g/mol. The Morgan fingerprint density at radius 2 is 1.96 bits per heavy atom. The summed E-state index contributed by atoms with van der Waals surface area (Å²) in [7, 11) is 0. The Morgan fingerprint density at radius 1 is 1.20 bits per heavy atom. The van der Waals surface area contributed by atoms with Gasteiger partial charge in [0.05, 0.1) is 0 Å². The van der Waals surface area contributed by atoms with Crippen LogP contribution in [0.15, 0.2) is 40.8 Å². The third-order valence-corrected chi connectivity index (χ3v) is 3.47. The van der Waals surface area contributed by atoms with Crippen molar-refractivity contribution in [1.82, 2.24) is 15.3 Å². The van der Waals surface area contributed by atoms with Crippen molar-refractivity contribution in [2.45, 2.75) is 19.5 Å². The average molecular weight is 349 g/mol. The van der Waals surface area contributed by atoms with E-state index < -0.39 is 17.8 Å². The van der Waals surface area contributed by atoms with E-state index in [1.165, 1.54) is 6.92 Å². The van der Waals surface area contributed by atoms with Crippen LogP contribution in [0.5, 0.6) is 0 Å². The maximum atomic E-state index is 12.7. The summed E-state index contributed by atoms with van der Waals surface area (Å²) >= 11 is 0. The number of halogens is 3. The summed E-state index contributed by atoms with van der Waals surface area (Å²) in [5.74, 6) is -0.278. The molecule has 0 aliphatic carbocycles. The first kappa shape index (κ1) is 16.9. The molecule has 0 saturated heterocycles. The third kappa shape index (κ3) is 3.96. The van der Waals surface area contributed by atoms with E-state index in [4.69, 9.17) is 4.42 Å². The van der Waals surface area contributed by atoms with Gasteiger partial charge in [0.25, 0.3) is 5.91 Å². The summed E-state index contributed by atoms with van der Waals surface area (Å²) in [4.78, 5) is 19.5. The van der Waals surface area contributed by atoms with Gasteiger partial charge in [0.1, 0.15) is 17.1 Å². The number of furan rings is 1. The first-order valence-electron chi connectivity index (χ1n) is 7.51. The first-order valence-corrected chi connectivity index (χ1v) is 7.51. The molecule has 25 heavy (non-hydrogen) atoms. The number of amides is 1. The van der Waals surface area contributed by atoms with E-state index in [1.54, 1.807) is 18.2 Å². The van der Waals surface area contributed by atoms with Crippen LogP contribution in [-0.4, -0.2) is 22.4 Å². The van der Waals surface area contributed by atoms with Crippen LogP contribution in [0.1, 0.15) is 27.8 Å². The third-order valence-electron chi connectivity index (χ3n) is 3.47. The van der Waals surface area contributed by atoms with E-state index in [9.17, 15) is 18.0 Å². The molecule has 1 amide bonds. The Kier molecular flexibility index (Phi) is 4.43. The van der Waals surface area contributed by atoms with Gasteiger partial charge >= 0.3 is 6.18 Å². The molecule has 0 atom stereocenters. The molecule has 0 aliphatic heterocycles. The van der Waals surface area contributed by atoms with E-state index in [-0.39, 0.29) is 30.2 Å². The molecule has 2 heterocycles. The molecule has 1 N–H and O–H groups in total. The lowest BCUT2D eigenvalue weighted by Gasteiger charge is -2.09. The van der Waals surface area contributed by atoms with Gasteiger partial charge in [-0.05, 0) is 25.1 Å². The molecule has 0 fully saturated rings. The highest BCUT2D eigenvalue weighted by Gasteiger charge is 2.33. The fourth-order valence-electron chi connectivity index (χ4n) is 2.36. The summed E-state index contributed by atoms with van der Waals surface area (Å²) in [5, 5.41) is 3.39. The van der Waals surface area contributed by atoms with Crippen LogP contribution in [0.25, 0.3) is 11.0 Å². The Morgan fingerprint density at radius 3 is 2.68 bits per heavy atom. The Hall–Kier alpha value is -2.90. The summed E-state index contributed by atoms with van der Waals surface area (Å²) < 4.78 is 43.7. The quantitative estimate of drug-likeness (QED) is 0.782. The second-order valence-corrected chi connectivity index (χ2v) is 5.46. The predicted octanol–water partition coefficient (Wildman–Crippen LogP) is 3.52. The van der Waals surface area contributed by atoms with Crippen LogP contribution in [0.2, 0.25) is 0 Å². The van der Waals surface area contributed by atoms with Crippen LogP contribution in [-0.2, 0) is 12.6 Å². The number of rotatable bonds is 4. The number of para-hydroxylation sites is 1. The van der Waals surface area contributed by atoms with Crippen molar-refractivity contribution in [3.63, 3.8) is 0 Å². The van der Waals surface area contributed by atoms with Gasteiger partial charge in [0, 0.05) is 24.0 Å². The molecule has 3 aromatic rings. The van der Waals surface area contributed by atoms with E-state index in [0.29, 0.717) is 5.58 Å². The molecule has 0 unspecified atom stereocenters. The van der Waals surface area contributed by atoms with E-state index in [1.807, 2.05) is 12.1 Å². The van der Waals surface area contributed by atoms with Crippen LogP contribution >= 0.6 is 0 Å². The lowest BCUT2D eigenvalue weighted by Crippen LogP contribution is -2.26. The van der Waals surface area contributed by atoms with E-state index in [0.717, 1.165) is 11.5 Å². The van der Waals surface area contributed by atoms with Gasteiger partial charge in [-0.1, -0.05) is 18.2 Å². The van der Waals surface area contributed by atoms with Gasteiger partial charge in [-0.25, -0.2) is 9.97 Å². The lowest BCUT2D eigenvalue weighted by molar-refractivity contribution is -0.141. The van der Waals surface area contributed by atoms with Crippen LogP contribution < -0.4 is 5.32 Å². The van der Waals surface area contributed by atoms with Crippen LogP contribution in [0.4, 0.5) is 13.2 Å². The van der Waals surface area contributed by atoms with Gasteiger partial charge in [-0.2, -0.15) is 13.2 Å². The number of hydrogen-bond donors (Lipinski definition) is 1. The number of hydrogen-bond acceptors (Lipinski definition) is 4. The van der Waals surface area contributed by atoms with Gasteiger partial charge in [-0.3, -0.25) is 4.79 Å². The zero-order valence-electron chi connectivity index (χ0n) is 13.2. The van der Waals surface area contributed by atoms with Crippen molar-refractivity contribution < 1.29 is 22.4 Å². The predicted molar refractivity (Wildman–Crippen MR) is 84.0 cm³/mol. The van der Waals surface area contributed by atoms with Gasteiger partial charge in [0.15, 0.2) is 5.76 Å². The summed E-state index contributed by atoms with van der Waals surface area (Å²) in [5.41, 5.74) is -0.177. The molecule has 5 nitrogen and oxygen atoms in total. The van der Waals surface area contributed by atoms with Gasteiger partial charge in [-0.15, -0.1) is 0 Å². The summed E-state index contributed by atoms with van der Waals surface area (Å²) in [6.45, 7) is 1.56. The Labute approximate surface area is 140 Å². The molecule has 0 saturated carbocycles. The first-order chi connectivity index (χ1) is 11.8. The molecular formula is C17H14F3N3O2. The monoisotopic (exact) mass is 349 g/mol. The zero-order valence-corrected chi connectivity index (χ0v) is 13.2. The highest BCUT2D eigenvalue weighted by Crippen LogP contribution is 2.27. The molecule has 130 valence electrons. The van der Waals surface area contributed by atoms with E-state index >= 15 is 0 Å². The minimum atomic E-state index is -4.53. The largest absolute Gasteiger partial charge is 0.451 e. The summed E-state index contributed by atoms with van der Waals surface area (Å²) in [6.07, 6.45) is -4.45. The smallest absolute Gasteiger partial charge is 0.433 e. The molecule has 8 heteroatoms. The molecule has 1 aromatic carbocycles. The fraction of sp³-hybridized carbons (Fsp3) is 0.235. The van der Waals surface area contributed by atoms with E-state index in [2.05, 4.69) is 15.3 Å². The van der Waals surface area contributed by atoms with Crippen LogP contribution in [0, 0.1) is 6.92 Å².